The lowest BCUT2D eigenvalue weighted by Crippen LogP contribution is -2.56. The summed E-state index contributed by atoms with van der Waals surface area (Å²) < 4.78 is 1.44. The zero-order chi connectivity index (χ0) is 27.4. The third-order valence-electron chi connectivity index (χ3n) is 13.1. The van der Waals surface area contributed by atoms with Crippen molar-refractivity contribution in [2.75, 3.05) is 31.1 Å². The first-order chi connectivity index (χ1) is 20.1. The van der Waals surface area contributed by atoms with E-state index in [2.05, 4.69) is 74.9 Å². The summed E-state index contributed by atoms with van der Waals surface area (Å²) in [6, 6.07) is 18.0. The van der Waals surface area contributed by atoms with E-state index in [1.807, 2.05) is 0 Å². The number of anilines is 1. The van der Waals surface area contributed by atoms with Gasteiger partial charge in [0, 0.05) is 35.8 Å². The van der Waals surface area contributed by atoms with Crippen LogP contribution in [0, 0.1) is 26.7 Å². The Labute approximate surface area is 275 Å². The zero-order valence-electron chi connectivity index (χ0n) is 25.7. The normalized spacial score (nSPS) is 33.7. The van der Waals surface area contributed by atoms with E-state index in [1.54, 1.807) is 24.0 Å². The van der Waals surface area contributed by atoms with Crippen LogP contribution in [0.3, 0.4) is 0 Å². The van der Waals surface area contributed by atoms with Crippen molar-refractivity contribution in [1.82, 2.24) is 4.90 Å². The fourth-order valence-corrected chi connectivity index (χ4v) is 12.7. The fourth-order valence-electron chi connectivity index (χ4n) is 11.8. The molecule has 42 heavy (non-hydrogen) atoms. The van der Waals surface area contributed by atoms with Crippen LogP contribution in [-0.4, -0.2) is 37.1 Å². The Hall–Kier alpha value is -0.780. The van der Waals surface area contributed by atoms with Gasteiger partial charge >= 0.3 is 0 Å². The Morgan fingerprint density at radius 2 is 1.45 bits per heavy atom. The highest BCUT2D eigenvalue weighted by atomic mass is 127. The lowest BCUT2D eigenvalue weighted by atomic mass is 9.40. The second-order valence-electron chi connectivity index (χ2n) is 15.5. The quantitative estimate of drug-likeness (QED) is 0.277. The van der Waals surface area contributed by atoms with E-state index in [4.69, 9.17) is 0 Å². The van der Waals surface area contributed by atoms with Crippen LogP contribution in [0.5, 0.6) is 0 Å². The van der Waals surface area contributed by atoms with Gasteiger partial charge in [0.05, 0.1) is 5.69 Å². The first kappa shape index (κ1) is 29.9. The molecule has 2 atom stereocenters. The molecule has 6 saturated carbocycles. The minimum atomic E-state index is 0. The van der Waals surface area contributed by atoms with E-state index in [0.29, 0.717) is 10.8 Å². The van der Waals surface area contributed by atoms with Crippen molar-refractivity contribution < 1.29 is 0 Å². The van der Waals surface area contributed by atoms with Gasteiger partial charge in [-0.2, -0.15) is 0 Å². The summed E-state index contributed by atoms with van der Waals surface area (Å²) >= 11 is 2.63. The number of benzene rings is 2. The van der Waals surface area contributed by atoms with Gasteiger partial charge in [-0.05, 0) is 151 Å². The second kappa shape index (κ2) is 12.2. The molecule has 1 saturated heterocycles. The monoisotopic (exact) mass is 698 g/mol. The third kappa shape index (κ3) is 5.48. The summed E-state index contributed by atoms with van der Waals surface area (Å²) in [5.41, 5.74) is 7.46. The predicted octanol–water partition coefficient (Wildman–Crippen LogP) is 9.79. The van der Waals surface area contributed by atoms with Crippen molar-refractivity contribution in [3.05, 3.63) is 62.7 Å². The highest BCUT2D eigenvalue weighted by Gasteiger charge is 2.60. The van der Waals surface area contributed by atoms with Crippen LogP contribution < -0.4 is 4.90 Å². The van der Waals surface area contributed by atoms with Gasteiger partial charge in [0.15, 0.2) is 0 Å². The predicted molar refractivity (Wildman–Crippen MR) is 187 cm³/mol. The average Bonchev–Trinajstić information content (AvgIpc) is 3.54. The van der Waals surface area contributed by atoms with E-state index < -0.39 is 0 Å². The topological polar surface area (TPSA) is 6.48 Å². The summed E-state index contributed by atoms with van der Waals surface area (Å²) in [5.74, 6) is 3.01. The molecule has 7 aliphatic rings. The minimum Gasteiger partial charge on any atom is -0.368 e. The van der Waals surface area contributed by atoms with E-state index >= 15 is 0 Å². The number of hydrogen-bond donors (Lipinski definition) is 0. The first-order valence-electron chi connectivity index (χ1n) is 17.5. The van der Waals surface area contributed by atoms with Crippen LogP contribution in [0.25, 0.3) is 0 Å². The Morgan fingerprint density at radius 3 is 2.17 bits per heavy atom. The molecule has 7 fully saturated rings. The van der Waals surface area contributed by atoms with Crippen LogP contribution in [0.1, 0.15) is 113 Å². The van der Waals surface area contributed by atoms with Crippen molar-refractivity contribution in [3.8, 4) is 0 Å². The Bertz CT molecular complexity index is 1230. The standard InChI is InChI=1S/C38H51IN2.ClH/c39-35-22-28(14-15-36(35)41-18-16-40(17-19-41)33-11-2-1-3-12-33)21-31-8-4-7-13-34(31)38-25-29-20-30(26-38)24-37(23-29,27-38)32-9-5-6-10-32;/h4,7-8,13-15,22,29-30,32-33H,1-3,5-6,9-12,16-21,23-27H2;1H. The molecule has 2 unspecified atom stereocenters. The average molecular weight is 699 g/mol. The van der Waals surface area contributed by atoms with Gasteiger partial charge in [-0.1, -0.05) is 62.4 Å². The molecule has 2 aromatic carbocycles. The molecule has 0 amide bonds. The molecular formula is C38H52ClIN2. The zero-order valence-corrected chi connectivity index (χ0v) is 28.6. The second-order valence-corrected chi connectivity index (χ2v) is 16.7. The Morgan fingerprint density at radius 1 is 0.762 bits per heavy atom. The van der Waals surface area contributed by atoms with Gasteiger partial charge in [0.1, 0.15) is 0 Å². The molecule has 1 aliphatic heterocycles. The molecule has 0 N–H and O–H groups in total. The number of hydrogen-bond acceptors (Lipinski definition) is 2. The maximum Gasteiger partial charge on any atom is 0.0502 e. The van der Waals surface area contributed by atoms with Crippen molar-refractivity contribution in [2.45, 2.75) is 114 Å². The molecule has 6 aliphatic carbocycles. The van der Waals surface area contributed by atoms with Gasteiger partial charge in [-0.15, -0.1) is 12.4 Å². The molecule has 4 bridgehead atoms. The Balaban J connectivity index is 0.00000288. The van der Waals surface area contributed by atoms with E-state index in [1.165, 1.54) is 124 Å². The lowest BCUT2D eigenvalue weighted by molar-refractivity contribution is -0.102. The van der Waals surface area contributed by atoms with Gasteiger partial charge < -0.3 is 4.90 Å². The fraction of sp³-hybridized carbons (Fsp3) is 0.684. The van der Waals surface area contributed by atoms with Crippen LogP contribution in [-0.2, 0) is 11.8 Å². The van der Waals surface area contributed by atoms with E-state index in [0.717, 1.165) is 30.2 Å². The largest absolute Gasteiger partial charge is 0.368 e. The number of nitrogens with zero attached hydrogens (tertiary/aromatic N) is 2. The molecule has 228 valence electrons. The molecular weight excluding hydrogens is 647 g/mol. The third-order valence-corrected chi connectivity index (χ3v) is 13.9. The summed E-state index contributed by atoms with van der Waals surface area (Å²) in [7, 11) is 0. The van der Waals surface area contributed by atoms with Gasteiger partial charge in [-0.25, -0.2) is 0 Å². The highest BCUT2D eigenvalue weighted by molar-refractivity contribution is 14.1. The first-order valence-corrected chi connectivity index (χ1v) is 18.5. The SMILES string of the molecule is Cl.Ic1cc(Cc2ccccc2C23CC4CC(C2)CC(C2CCCC2)(C4)C3)ccc1N1CCN(C2CCCCC2)CC1. The van der Waals surface area contributed by atoms with Gasteiger partial charge in [0.25, 0.3) is 0 Å². The van der Waals surface area contributed by atoms with Gasteiger partial charge in [0.2, 0.25) is 0 Å². The number of halogens is 2. The summed E-state index contributed by atoms with van der Waals surface area (Å²) in [6.45, 7) is 4.84. The van der Waals surface area contributed by atoms with Crippen molar-refractivity contribution in [3.63, 3.8) is 0 Å². The van der Waals surface area contributed by atoms with Crippen LogP contribution in [0.15, 0.2) is 42.5 Å². The summed E-state index contributed by atoms with van der Waals surface area (Å²) in [5, 5.41) is 0. The van der Waals surface area contributed by atoms with Crippen molar-refractivity contribution in [1.29, 1.82) is 0 Å². The van der Waals surface area contributed by atoms with Crippen molar-refractivity contribution >= 4 is 40.7 Å². The van der Waals surface area contributed by atoms with E-state index in [-0.39, 0.29) is 12.4 Å². The smallest absolute Gasteiger partial charge is 0.0502 e. The number of piperazine rings is 1. The van der Waals surface area contributed by atoms with Crippen LogP contribution >= 0.6 is 35.0 Å². The molecule has 1 heterocycles. The molecule has 9 rings (SSSR count). The molecule has 0 radical (unpaired) electrons. The maximum atomic E-state index is 2.80. The Kier molecular flexibility index (Phi) is 8.68. The molecule has 2 aromatic rings. The molecule has 0 spiro atoms. The summed E-state index contributed by atoms with van der Waals surface area (Å²) in [4.78, 5) is 5.46. The van der Waals surface area contributed by atoms with Crippen LogP contribution in [0.2, 0.25) is 0 Å². The molecule has 0 aromatic heterocycles. The molecule has 2 nitrogen and oxygen atoms in total. The van der Waals surface area contributed by atoms with Gasteiger partial charge in [-0.3, -0.25) is 4.90 Å². The summed E-state index contributed by atoms with van der Waals surface area (Å²) in [6.07, 6.45) is 23.4. The maximum absolute atomic E-state index is 2.80. The van der Waals surface area contributed by atoms with E-state index in [9.17, 15) is 0 Å². The van der Waals surface area contributed by atoms with Crippen molar-refractivity contribution in [2.24, 2.45) is 23.2 Å². The van der Waals surface area contributed by atoms with Crippen LogP contribution in [0.4, 0.5) is 5.69 Å². The minimum absolute atomic E-state index is 0. The lowest BCUT2D eigenvalue weighted by Gasteiger charge is -2.64. The molecule has 4 heteroatoms. The highest BCUT2D eigenvalue weighted by Crippen LogP contribution is 2.69. The number of rotatable bonds is 6.